The fourth-order valence-corrected chi connectivity index (χ4v) is 2.68. The monoisotopic (exact) mass is 317 g/mol. The second-order valence-electron chi connectivity index (χ2n) is 5.45. The summed E-state index contributed by atoms with van der Waals surface area (Å²) >= 11 is 0. The van der Waals surface area contributed by atoms with Crippen molar-refractivity contribution in [3.8, 4) is 5.75 Å². The molecule has 0 radical (unpaired) electrons. The summed E-state index contributed by atoms with van der Waals surface area (Å²) < 4.78 is 42.7. The number of ether oxygens (including phenoxy) is 1. The Labute approximate surface area is 126 Å². The Bertz CT molecular complexity index is 530. The van der Waals surface area contributed by atoms with Crippen LogP contribution < -0.4 is 4.74 Å². The summed E-state index contributed by atoms with van der Waals surface area (Å²) in [5.41, 5.74) is 0.802. The number of halogens is 3. The first-order valence-corrected chi connectivity index (χ1v) is 6.92. The highest BCUT2D eigenvalue weighted by Crippen LogP contribution is 2.35. The molecule has 4 nitrogen and oxygen atoms in total. The van der Waals surface area contributed by atoms with Crippen molar-refractivity contribution in [1.29, 1.82) is 0 Å². The number of methoxy groups -OCH3 is 1. The maximum Gasteiger partial charge on any atom is 0.414 e. The van der Waals surface area contributed by atoms with Gasteiger partial charge in [-0.05, 0) is 24.6 Å². The van der Waals surface area contributed by atoms with Crippen molar-refractivity contribution in [2.75, 3.05) is 13.7 Å². The van der Waals surface area contributed by atoms with Gasteiger partial charge in [-0.1, -0.05) is 12.1 Å². The lowest BCUT2D eigenvalue weighted by atomic mass is 10.0. The lowest BCUT2D eigenvalue weighted by Gasteiger charge is -2.26. The molecule has 0 bridgehead atoms. The van der Waals surface area contributed by atoms with E-state index in [-0.39, 0.29) is 24.9 Å². The molecule has 1 aliphatic heterocycles. The second kappa shape index (κ2) is 6.16. The molecule has 3 atom stereocenters. The Hall–Kier alpha value is -1.76. The summed E-state index contributed by atoms with van der Waals surface area (Å²) in [7, 11) is 1.53. The molecular formula is C15H18F3NO3. The van der Waals surface area contributed by atoms with Crippen LogP contribution in [0.2, 0.25) is 0 Å². The van der Waals surface area contributed by atoms with E-state index < -0.39 is 18.2 Å². The van der Waals surface area contributed by atoms with Gasteiger partial charge in [0.05, 0.1) is 13.2 Å². The van der Waals surface area contributed by atoms with Gasteiger partial charge in [-0.2, -0.15) is 13.2 Å². The molecule has 0 saturated carbocycles. The molecule has 1 aliphatic rings. The molecule has 122 valence electrons. The van der Waals surface area contributed by atoms with Crippen LogP contribution in [0.5, 0.6) is 5.75 Å². The van der Waals surface area contributed by atoms with Gasteiger partial charge >= 0.3 is 6.18 Å². The Morgan fingerprint density at radius 3 is 2.41 bits per heavy atom. The SMILES string of the molecule is COc1ccc([C@@H](C)N2C[C@H](C(O)C(F)(F)F)CC2=O)cc1. The van der Waals surface area contributed by atoms with Crippen molar-refractivity contribution in [3.05, 3.63) is 29.8 Å². The molecule has 1 N–H and O–H groups in total. The van der Waals surface area contributed by atoms with Gasteiger partial charge in [0.2, 0.25) is 5.91 Å². The quantitative estimate of drug-likeness (QED) is 0.928. The summed E-state index contributed by atoms with van der Waals surface area (Å²) in [4.78, 5) is 13.4. The number of carbonyl (C=O) groups is 1. The third kappa shape index (κ3) is 3.35. The highest BCUT2D eigenvalue weighted by molar-refractivity contribution is 5.79. The van der Waals surface area contributed by atoms with Crippen molar-refractivity contribution in [1.82, 2.24) is 4.90 Å². The van der Waals surface area contributed by atoms with Gasteiger partial charge < -0.3 is 14.7 Å². The molecule has 0 spiro atoms. The Morgan fingerprint density at radius 1 is 1.32 bits per heavy atom. The van der Waals surface area contributed by atoms with Gasteiger partial charge in [-0.3, -0.25) is 4.79 Å². The van der Waals surface area contributed by atoms with Crippen LogP contribution in [-0.4, -0.2) is 41.8 Å². The highest BCUT2D eigenvalue weighted by atomic mass is 19.4. The minimum absolute atomic E-state index is 0.104. The second-order valence-corrected chi connectivity index (χ2v) is 5.45. The van der Waals surface area contributed by atoms with E-state index in [1.807, 2.05) is 0 Å². The van der Waals surface area contributed by atoms with E-state index in [4.69, 9.17) is 4.74 Å². The zero-order valence-electron chi connectivity index (χ0n) is 12.3. The molecular weight excluding hydrogens is 299 g/mol. The molecule has 1 aromatic carbocycles. The number of hydrogen-bond donors (Lipinski definition) is 1. The minimum Gasteiger partial charge on any atom is -0.497 e. The number of benzene rings is 1. The van der Waals surface area contributed by atoms with Gasteiger partial charge in [0.1, 0.15) is 5.75 Å². The summed E-state index contributed by atoms with van der Waals surface area (Å²) in [6, 6.07) is 6.64. The van der Waals surface area contributed by atoms with Crippen LogP contribution in [-0.2, 0) is 4.79 Å². The first kappa shape index (κ1) is 16.6. The van der Waals surface area contributed by atoms with Crippen molar-refractivity contribution < 1.29 is 27.8 Å². The molecule has 1 heterocycles. The minimum atomic E-state index is -4.70. The first-order valence-electron chi connectivity index (χ1n) is 6.92. The highest BCUT2D eigenvalue weighted by Gasteiger charge is 2.48. The van der Waals surface area contributed by atoms with Crippen LogP contribution in [0, 0.1) is 5.92 Å². The third-order valence-electron chi connectivity index (χ3n) is 4.04. The van der Waals surface area contributed by atoms with Crippen LogP contribution in [0.15, 0.2) is 24.3 Å². The standard InChI is InChI=1S/C15H18F3NO3/c1-9(10-3-5-12(22-2)6-4-10)19-8-11(7-13(19)20)14(21)15(16,17)18/h3-6,9,11,14,21H,7-8H2,1-2H3/t9-,11-,14?/m1/s1. The summed E-state index contributed by atoms with van der Waals surface area (Å²) in [6.07, 6.45) is -7.46. The zero-order chi connectivity index (χ0) is 16.5. The molecule has 1 amide bonds. The molecule has 1 fully saturated rings. The molecule has 0 aliphatic carbocycles. The van der Waals surface area contributed by atoms with Crippen LogP contribution in [0.3, 0.4) is 0 Å². The first-order chi connectivity index (χ1) is 10.2. The summed E-state index contributed by atoms with van der Waals surface area (Å²) in [5.74, 6) is -0.834. The summed E-state index contributed by atoms with van der Waals surface area (Å²) in [6.45, 7) is 1.65. The number of amides is 1. The van der Waals surface area contributed by atoms with E-state index in [0.29, 0.717) is 5.75 Å². The van der Waals surface area contributed by atoms with E-state index in [1.165, 1.54) is 12.0 Å². The average molecular weight is 317 g/mol. The van der Waals surface area contributed by atoms with E-state index >= 15 is 0 Å². The maximum absolute atomic E-state index is 12.6. The fraction of sp³-hybridized carbons (Fsp3) is 0.533. The number of aliphatic hydroxyl groups is 1. The Morgan fingerprint density at radius 2 is 1.91 bits per heavy atom. The van der Waals surface area contributed by atoms with Gasteiger partial charge in [0, 0.05) is 18.9 Å². The molecule has 1 saturated heterocycles. The predicted molar refractivity (Wildman–Crippen MR) is 73.3 cm³/mol. The number of rotatable bonds is 4. The van der Waals surface area contributed by atoms with Gasteiger partial charge in [-0.15, -0.1) is 0 Å². The number of alkyl halides is 3. The zero-order valence-corrected chi connectivity index (χ0v) is 12.3. The van der Waals surface area contributed by atoms with Crippen LogP contribution in [0.1, 0.15) is 24.9 Å². The molecule has 22 heavy (non-hydrogen) atoms. The fourth-order valence-electron chi connectivity index (χ4n) is 2.68. The normalized spacial score (nSPS) is 21.8. The van der Waals surface area contributed by atoms with Gasteiger partial charge in [0.25, 0.3) is 0 Å². The molecule has 1 unspecified atom stereocenters. The van der Waals surface area contributed by atoms with Crippen LogP contribution in [0.25, 0.3) is 0 Å². The Kier molecular flexibility index (Phi) is 4.65. The van der Waals surface area contributed by atoms with Crippen molar-refractivity contribution in [2.45, 2.75) is 31.7 Å². The topological polar surface area (TPSA) is 49.8 Å². The Balaban J connectivity index is 2.10. The molecule has 2 rings (SSSR count). The largest absolute Gasteiger partial charge is 0.497 e. The van der Waals surface area contributed by atoms with Crippen molar-refractivity contribution >= 4 is 5.91 Å². The number of aliphatic hydroxyl groups excluding tert-OH is 1. The van der Waals surface area contributed by atoms with Crippen LogP contribution in [0.4, 0.5) is 13.2 Å². The lowest BCUT2D eigenvalue weighted by Crippen LogP contribution is -2.37. The third-order valence-corrected chi connectivity index (χ3v) is 4.04. The van der Waals surface area contributed by atoms with Gasteiger partial charge in [0.15, 0.2) is 6.10 Å². The van der Waals surface area contributed by atoms with Crippen LogP contribution >= 0.6 is 0 Å². The number of hydrogen-bond acceptors (Lipinski definition) is 3. The number of likely N-dealkylation sites (tertiary alicyclic amines) is 1. The van der Waals surface area contributed by atoms with E-state index in [0.717, 1.165) is 5.56 Å². The average Bonchev–Trinajstić information content (AvgIpc) is 2.86. The smallest absolute Gasteiger partial charge is 0.414 e. The maximum atomic E-state index is 12.6. The van der Waals surface area contributed by atoms with E-state index in [1.54, 1.807) is 31.2 Å². The molecule has 1 aromatic rings. The van der Waals surface area contributed by atoms with Crippen molar-refractivity contribution in [2.24, 2.45) is 5.92 Å². The van der Waals surface area contributed by atoms with E-state index in [2.05, 4.69) is 0 Å². The molecule has 0 aromatic heterocycles. The lowest BCUT2D eigenvalue weighted by molar-refractivity contribution is -0.218. The number of nitrogens with zero attached hydrogens (tertiary/aromatic N) is 1. The summed E-state index contributed by atoms with van der Waals surface area (Å²) in [5, 5.41) is 9.32. The number of carbonyl (C=O) groups excluding carboxylic acids is 1. The van der Waals surface area contributed by atoms with Crippen molar-refractivity contribution in [3.63, 3.8) is 0 Å². The van der Waals surface area contributed by atoms with E-state index in [9.17, 15) is 23.1 Å². The predicted octanol–water partition coefficient (Wildman–Crippen LogP) is 2.53. The van der Waals surface area contributed by atoms with Gasteiger partial charge in [-0.25, -0.2) is 0 Å². The molecule has 7 heteroatoms.